The summed E-state index contributed by atoms with van der Waals surface area (Å²) in [4.78, 5) is 36.8. The molecule has 0 aliphatic rings. The van der Waals surface area contributed by atoms with Crippen LogP contribution in [0.2, 0.25) is 0 Å². The molecule has 1 amide bonds. The topological polar surface area (TPSA) is 83.5 Å². The predicted molar refractivity (Wildman–Crippen MR) is 143 cm³/mol. The molecule has 2 N–H and O–H groups in total. The number of carboxylic acids is 1. The molecule has 0 fully saturated rings. The normalized spacial score (nSPS) is 14.0. The summed E-state index contributed by atoms with van der Waals surface area (Å²) in [6.07, 6.45) is 0. The van der Waals surface area contributed by atoms with Crippen molar-refractivity contribution in [2.45, 2.75) is 51.8 Å². The van der Waals surface area contributed by atoms with Gasteiger partial charge in [0, 0.05) is 28.2 Å². The number of hydrogen-bond acceptors (Lipinski definition) is 5. The van der Waals surface area contributed by atoms with Gasteiger partial charge in [-0.1, -0.05) is 101 Å². The van der Waals surface area contributed by atoms with Gasteiger partial charge in [0.15, 0.2) is 0 Å². The van der Waals surface area contributed by atoms with Gasteiger partial charge in [0.2, 0.25) is 11.0 Å². The van der Waals surface area contributed by atoms with Crippen LogP contribution in [0.25, 0.3) is 0 Å². The lowest BCUT2D eigenvalue weighted by Gasteiger charge is -2.24. The number of carbonyl (C=O) groups is 3. The molecular weight excluding hydrogens is 466 g/mol. The fourth-order valence-electron chi connectivity index (χ4n) is 3.37. The van der Waals surface area contributed by atoms with Gasteiger partial charge in [-0.05, 0) is 23.0 Å². The number of aliphatic carboxylic acids is 1. The molecule has 0 radical (unpaired) electrons. The summed E-state index contributed by atoms with van der Waals surface area (Å²) >= 11 is 2.62. The maximum Gasteiger partial charge on any atom is 0.327 e. The molecule has 184 valence electrons. The molecule has 1 unspecified atom stereocenters. The largest absolute Gasteiger partial charge is 0.480 e. The van der Waals surface area contributed by atoms with E-state index in [1.165, 1.54) is 5.56 Å². The summed E-state index contributed by atoms with van der Waals surface area (Å²) in [5, 5.41) is 12.4. The molecule has 0 spiro atoms. The smallest absolute Gasteiger partial charge is 0.327 e. The molecule has 0 heterocycles. The van der Waals surface area contributed by atoms with E-state index in [9.17, 15) is 19.5 Å². The molecule has 0 saturated heterocycles. The van der Waals surface area contributed by atoms with Crippen molar-refractivity contribution in [1.82, 2.24) is 5.32 Å². The third-order valence-electron chi connectivity index (χ3n) is 5.52. The van der Waals surface area contributed by atoms with E-state index in [2.05, 4.69) is 57.3 Å². The van der Waals surface area contributed by atoms with Gasteiger partial charge >= 0.3 is 5.97 Å². The molecule has 0 aliphatic heterocycles. The Balaban J connectivity index is 1.94. The Morgan fingerprint density at radius 1 is 0.853 bits per heavy atom. The van der Waals surface area contributed by atoms with Gasteiger partial charge in [-0.15, -0.1) is 0 Å². The lowest BCUT2D eigenvalue weighted by molar-refractivity contribution is -0.141. The van der Waals surface area contributed by atoms with Crippen molar-refractivity contribution < 1.29 is 19.5 Å². The minimum Gasteiger partial charge on any atom is -0.480 e. The van der Waals surface area contributed by atoms with E-state index in [1.807, 2.05) is 6.07 Å². The molecule has 0 aliphatic carbocycles. The Labute approximate surface area is 211 Å². The summed E-state index contributed by atoms with van der Waals surface area (Å²) in [6.45, 7) is 10.2. The molecule has 7 heteroatoms. The van der Waals surface area contributed by atoms with E-state index < -0.39 is 17.9 Å². The number of amides is 1. The second-order valence-corrected chi connectivity index (χ2v) is 11.3. The number of carboxylic acid groups (broad SMARTS) is 1. The van der Waals surface area contributed by atoms with Crippen LogP contribution >= 0.6 is 23.5 Å². The monoisotopic (exact) mass is 501 g/mol. The van der Waals surface area contributed by atoms with Gasteiger partial charge < -0.3 is 10.4 Å². The van der Waals surface area contributed by atoms with Crippen molar-refractivity contribution >= 4 is 40.5 Å². The van der Waals surface area contributed by atoms with E-state index in [-0.39, 0.29) is 27.8 Å². The highest BCUT2D eigenvalue weighted by Crippen LogP contribution is 2.36. The van der Waals surface area contributed by atoms with Gasteiger partial charge in [0.25, 0.3) is 0 Å². The van der Waals surface area contributed by atoms with Crippen LogP contribution in [0.5, 0.6) is 0 Å². The standard InChI is InChI=1S/C27H35NO4S2/c1-17(2)20-11-13-21(14-12-20)24(18(3)4)33-16-23(26(30)31)28-25(29)19(5)15-34-27(32)22-9-7-6-8-10-22/h6-14,17-19,23-24H,15-16H2,1-5H3,(H,28,29)(H,30,31)/t19-,23+,24?/m1/s1. The highest BCUT2D eigenvalue weighted by atomic mass is 32.2. The first-order chi connectivity index (χ1) is 16.1. The van der Waals surface area contributed by atoms with Crippen LogP contribution in [-0.4, -0.2) is 39.6 Å². The molecule has 2 aromatic rings. The second kappa shape index (κ2) is 13.6. The molecule has 3 atom stereocenters. The fraction of sp³-hybridized carbons (Fsp3) is 0.444. The average molecular weight is 502 g/mol. The van der Waals surface area contributed by atoms with Crippen LogP contribution in [-0.2, 0) is 9.59 Å². The summed E-state index contributed by atoms with van der Waals surface area (Å²) in [5.74, 6) is -0.598. The number of hydrogen-bond donors (Lipinski definition) is 2. The zero-order valence-corrected chi connectivity index (χ0v) is 22.1. The third-order valence-corrected chi connectivity index (χ3v) is 8.38. The first kappa shape index (κ1) is 28.0. The van der Waals surface area contributed by atoms with Crippen LogP contribution in [0.3, 0.4) is 0 Å². The molecular formula is C27H35NO4S2. The van der Waals surface area contributed by atoms with E-state index in [1.54, 1.807) is 43.0 Å². The predicted octanol–water partition coefficient (Wildman–Crippen LogP) is 6.02. The van der Waals surface area contributed by atoms with E-state index in [4.69, 9.17) is 0 Å². The Hall–Kier alpha value is -2.25. The first-order valence-corrected chi connectivity index (χ1v) is 13.6. The number of rotatable bonds is 12. The van der Waals surface area contributed by atoms with Crippen LogP contribution in [0.15, 0.2) is 54.6 Å². The van der Waals surface area contributed by atoms with Crippen LogP contribution in [0.4, 0.5) is 0 Å². The minimum atomic E-state index is -1.06. The molecule has 34 heavy (non-hydrogen) atoms. The van der Waals surface area contributed by atoms with Crippen molar-refractivity contribution in [2.24, 2.45) is 11.8 Å². The fourth-order valence-corrected chi connectivity index (χ4v) is 5.58. The molecule has 2 aromatic carbocycles. The summed E-state index contributed by atoms with van der Waals surface area (Å²) in [5.41, 5.74) is 3.01. The highest BCUT2D eigenvalue weighted by Gasteiger charge is 2.26. The summed E-state index contributed by atoms with van der Waals surface area (Å²) < 4.78 is 0. The van der Waals surface area contributed by atoms with Gasteiger partial charge in [-0.3, -0.25) is 9.59 Å². The number of carbonyl (C=O) groups excluding carboxylic acids is 2. The molecule has 5 nitrogen and oxygen atoms in total. The van der Waals surface area contributed by atoms with Crippen molar-refractivity contribution in [1.29, 1.82) is 0 Å². The zero-order chi connectivity index (χ0) is 25.3. The number of nitrogens with one attached hydrogen (secondary N) is 1. The average Bonchev–Trinajstić information content (AvgIpc) is 2.82. The molecule has 2 rings (SSSR count). The SMILES string of the molecule is CC(C)c1ccc(C(SC[C@H](NC(=O)[C@H](C)CSC(=O)c2ccccc2)C(=O)O)C(C)C)cc1. The Morgan fingerprint density at radius 3 is 1.97 bits per heavy atom. The van der Waals surface area contributed by atoms with Gasteiger partial charge in [0.1, 0.15) is 6.04 Å². The van der Waals surface area contributed by atoms with E-state index >= 15 is 0 Å². The first-order valence-electron chi connectivity index (χ1n) is 11.6. The lowest BCUT2D eigenvalue weighted by atomic mass is 9.97. The number of benzene rings is 2. The Morgan fingerprint density at radius 2 is 1.44 bits per heavy atom. The Bertz CT molecular complexity index is 945. The number of thioether (sulfide) groups is 2. The van der Waals surface area contributed by atoms with Gasteiger partial charge in [0.05, 0.1) is 0 Å². The second-order valence-electron chi connectivity index (χ2n) is 9.08. The van der Waals surface area contributed by atoms with E-state index in [0.29, 0.717) is 17.4 Å². The van der Waals surface area contributed by atoms with Gasteiger partial charge in [-0.2, -0.15) is 11.8 Å². The zero-order valence-electron chi connectivity index (χ0n) is 20.5. The molecule has 0 aromatic heterocycles. The summed E-state index contributed by atoms with van der Waals surface area (Å²) in [7, 11) is 0. The van der Waals surface area contributed by atoms with Crippen LogP contribution in [0.1, 0.15) is 67.3 Å². The molecule has 0 saturated carbocycles. The minimum absolute atomic E-state index is 0.103. The van der Waals surface area contributed by atoms with E-state index in [0.717, 1.165) is 17.3 Å². The van der Waals surface area contributed by atoms with Crippen molar-refractivity contribution in [2.75, 3.05) is 11.5 Å². The maximum atomic E-state index is 12.6. The quantitative estimate of drug-likeness (QED) is 0.370. The Kier molecular flexibility index (Phi) is 11.2. The maximum absolute atomic E-state index is 12.6. The van der Waals surface area contributed by atoms with Crippen LogP contribution < -0.4 is 5.32 Å². The van der Waals surface area contributed by atoms with Crippen molar-refractivity contribution in [3.05, 3.63) is 71.3 Å². The van der Waals surface area contributed by atoms with Gasteiger partial charge in [-0.25, -0.2) is 4.79 Å². The van der Waals surface area contributed by atoms with Crippen LogP contribution in [0, 0.1) is 11.8 Å². The lowest BCUT2D eigenvalue weighted by Crippen LogP contribution is -2.45. The highest BCUT2D eigenvalue weighted by molar-refractivity contribution is 8.14. The van der Waals surface area contributed by atoms with Crippen molar-refractivity contribution in [3.8, 4) is 0 Å². The molecule has 0 bridgehead atoms. The summed E-state index contributed by atoms with van der Waals surface area (Å²) in [6, 6.07) is 16.4. The third kappa shape index (κ3) is 8.51. The van der Waals surface area contributed by atoms with Crippen molar-refractivity contribution in [3.63, 3.8) is 0 Å².